The standard InChI is InChI=1S/C9H18O3/c1-7(2)8(6-11)9(12)4-3-5-10/h6-10,12H,3-5H2,1-2H3. The fourth-order valence-corrected chi connectivity index (χ4v) is 1.19. The summed E-state index contributed by atoms with van der Waals surface area (Å²) in [5.74, 6) is -0.132. The van der Waals surface area contributed by atoms with Crippen molar-refractivity contribution < 1.29 is 15.0 Å². The molecule has 0 aliphatic carbocycles. The number of hydrogen-bond acceptors (Lipinski definition) is 3. The minimum atomic E-state index is -0.602. The maximum atomic E-state index is 10.5. The predicted octanol–water partition coefficient (Wildman–Crippen LogP) is 0.591. The van der Waals surface area contributed by atoms with Crippen LogP contribution in [0.2, 0.25) is 0 Å². The fourth-order valence-electron chi connectivity index (χ4n) is 1.19. The predicted molar refractivity (Wildman–Crippen MR) is 46.7 cm³/mol. The van der Waals surface area contributed by atoms with Gasteiger partial charge in [0.05, 0.1) is 6.10 Å². The molecule has 3 nitrogen and oxygen atoms in total. The van der Waals surface area contributed by atoms with Crippen LogP contribution >= 0.6 is 0 Å². The van der Waals surface area contributed by atoms with Crippen LogP contribution in [0.5, 0.6) is 0 Å². The number of rotatable bonds is 6. The monoisotopic (exact) mass is 174 g/mol. The highest BCUT2D eigenvalue weighted by Gasteiger charge is 2.20. The Morgan fingerprint density at radius 1 is 1.42 bits per heavy atom. The average molecular weight is 174 g/mol. The Hall–Kier alpha value is -0.410. The molecule has 3 heteroatoms. The molecule has 2 atom stereocenters. The molecule has 0 fully saturated rings. The van der Waals surface area contributed by atoms with E-state index in [9.17, 15) is 9.90 Å². The first-order valence-electron chi connectivity index (χ1n) is 4.37. The van der Waals surface area contributed by atoms with Crippen molar-refractivity contribution in [3.8, 4) is 0 Å². The van der Waals surface area contributed by atoms with Gasteiger partial charge in [0.2, 0.25) is 0 Å². The molecule has 0 aliphatic rings. The molecule has 0 spiro atoms. The van der Waals surface area contributed by atoms with Crippen LogP contribution in [-0.4, -0.2) is 29.2 Å². The van der Waals surface area contributed by atoms with Crippen molar-refractivity contribution in [3.63, 3.8) is 0 Å². The molecule has 2 unspecified atom stereocenters. The summed E-state index contributed by atoms with van der Waals surface area (Å²) in [6, 6.07) is 0. The van der Waals surface area contributed by atoms with Crippen molar-refractivity contribution in [3.05, 3.63) is 0 Å². The van der Waals surface area contributed by atoms with Crippen molar-refractivity contribution in [1.82, 2.24) is 0 Å². The topological polar surface area (TPSA) is 57.5 Å². The highest BCUT2D eigenvalue weighted by atomic mass is 16.3. The summed E-state index contributed by atoms with van der Waals surface area (Å²) in [5.41, 5.74) is 0. The maximum absolute atomic E-state index is 10.5. The summed E-state index contributed by atoms with van der Waals surface area (Å²) < 4.78 is 0. The molecule has 2 N–H and O–H groups in total. The van der Waals surface area contributed by atoms with Crippen LogP contribution in [0.15, 0.2) is 0 Å². The first-order chi connectivity index (χ1) is 5.63. The molecule has 0 saturated carbocycles. The normalized spacial score (nSPS) is 16.1. The molecular weight excluding hydrogens is 156 g/mol. The summed E-state index contributed by atoms with van der Waals surface area (Å²) >= 11 is 0. The van der Waals surface area contributed by atoms with E-state index in [1.807, 2.05) is 13.8 Å². The molecule has 0 aromatic heterocycles. The third kappa shape index (κ3) is 3.83. The molecule has 72 valence electrons. The van der Waals surface area contributed by atoms with E-state index in [0.717, 1.165) is 6.29 Å². The smallest absolute Gasteiger partial charge is 0.125 e. The Morgan fingerprint density at radius 3 is 2.33 bits per heavy atom. The first kappa shape index (κ1) is 11.6. The zero-order chi connectivity index (χ0) is 9.56. The second kappa shape index (κ2) is 6.14. The molecule has 0 saturated heterocycles. The third-order valence-corrected chi connectivity index (χ3v) is 2.03. The van der Waals surface area contributed by atoms with Crippen molar-refractivity contribution in [2.75, 3.05) is 6.61 Å². The van der Waals surface area contributed by atoms with Crippen molar-refractivity contribution in [1.29, 1.82) is 0 Å². The minimum absolute atomic E-state index is 0.0702. The van der Waals surface area contributed by atoms with Gasteiger partial charge in [-0.1, -0.05) is 13.8 Å². The van der Waals surface area contributed by atoms with E-state index in [2.05, 4.69) is 0 Å². The number of aliphatic hydroxyl groups excluding tert-OH is 2. The van der Waals surface area contributed by atoms with Gasteiger partial charge in [0, 0.05) is 12.5 Å². The molecule has 0 bridgehead atoms. The largest absolute Gasteiger partial charge is 0.396 e. The summed E-state index contributed by atoms with van der Waals surface area (Å²) in [6.07, 6.45) is 1.25. The molecule has 0 radical (unpaired) electrons. The van der Waals surface area contributed by atoms with Gasteiger partial charge < -0.3 is 15.0 Å². The number of carbonyl (C=O) groups excluding carboxylic acids is 1. The Balaban J connectivity index is 3.85. The highest BCUT2D eigenvalue weighted by Crippen LogP contribution is 2.16. The average Bonchev–Trinajstić information content (AvgIpc) is 2.01. The van der Waals surface area contributed by atoms with E-state index < -0.39 is 6.10 Å². The van der Waals surface area contributed by atoms with Gasteiger partial charge in [-0.05, 0) is 18.8 Å². The molecule has 12 heavy (non-hydrogen) atoms. The zero-order valence-corrected chi connectivity index (χ0v) is 7.73. The van der Waals surface area contributed by atoms with Crippen LogP contribution in [0.1, 0.15) is 26.7 Å². The number of hydrogen-bond donors (Lipinski definition) is 2. The van der Waals surface area contributed by atoms with Crippen LogP contribution < -0.4 is 0 Å². The van der Waals surface area contributed by atoms with Gasteiger partial charge >= 0.3 is 0 Å². The Kier molecular flexibility index (Phi) is 5.93. The lowest BCUT2D eigenvalue weighted by Gasteiger charge is -2.20. The number of aldehydes is 1. The molecule has 0 rings (SSSR count). The van der Waals surface area contributed by atoms with Crippen molar-refractivity contribution >= 4 is 6.29 Å². The number of carbonyl (C=O) groups is 1. The molecule has 0 amide bonds. The van der Waals surface area contributed by atoms with E-state index >= 15 is 0 Å². The second-order valence-electron chi connectivity index (χ2n) is 3.39. The van der Waals surface area contributed by atoms with E-state index in [-0.39, 0.29) is 18.4 Å². The summed E-state index contributed by atoms with van der Waals surface area (Å²) in [5, 5.41) is 18.0. The van der Waals surface area contributed by atoms with Gasteiger partial charge in [-0.3, -0.25) is 0 Å². The molecule has 0 aromatic rings. The molecular formula is C9H18O3. The van der Waals surface area contributed by atoms with Crippen LogP contribution in [0, 0.1) is 11.8 Å². The van der Waals surface area contributed by atoms with Gasteiger partial charge in [0.25, 0.3) is 0 Å². The Morgan fingerprint density at radius 2 is 2.00 bits per heavy atom. The summed E-state index contributed by atoms with van der Waals surface area (Å²) in [7, 11) is 0. The SMILES string of the molecule is CC(C)C(C=O)C(O)CCCO. The molecule has 0 aromatic carbocycles. The number of aliphatic hydroxyl groups is 2. The molecule has 0 heterocycles. The summed E-state index contributed by atoms with van der Waals surface area (Å²) in [6.45, 7) is 3.88. The van der Waals surface area contributed by atoms with Gasteiger partial charge in [-0.2, -0.15) is 0 Å². The van der Waals surface area contributed by atoms with Crippen molar-refractivity contribution in [2.45, 2.75) is 32.8 Å². The van der Waals surface area contributed by atoms with E-state index in [1.165, 1.54) is 0 Å². The summed E-state index contributed by atoms with van der Waals surface area (Å²) in [4.78, 5) is 10.5. The van der Waals surface area contributed by atoms with E-state index in [1.54, 1.807) is 0 Å². The zero-order valence-electron chi connectivity index (χ0n) is 7.73. The quantitative estimate of drug-likeness (QED) is 0.579. The van der Waals surface area contributed by atoms with Crippen LogP contribution in [0.3, 0.4) is 0 Å². The van der Waals surface area contributed by atoms with Gasteiger partial charge in [0.1, 0.15) is 6.29 Å². The second-order valence-corrected chi connectivity index (χ2v) is 3.39. The minimum Gasteiger partial charge on any atom is -0.396 e. The van der Waals surface area contributed by atoms with Gasteiger partial charge in [-0.15, -0.1) is 0 Å². The van der Waals surface area contributed by atoms with Gasteiger partial charge in [0.15, 0.2) is 0 Å². The Bertz CT molecular complexity index is 123. The Labute approximate surface area is 73.4 Å². The lowest BCUT2D eigenvalue weighted by atomic mass is 9.89. The lowest BCUT2D eigenvalue weighted by Crippen LogP contribution is -2.26. The fraction of sp³-hybridized carbons (Fsp3) is 0.889. The first-order valence-corrected chi connectivity index (χ1v) is 4.37. The maximum Gasteiger partial charge on any atom is 0.125 e. The van der Waals surface area contributed by atoms with Crippen LogP contribution in [-0.2, 0) is 4.79 Å². The molecule has 0 aliphatic heterocycles. The van der Waals surface area contributed by atoms with Crippen molar-refractivity contribution in [2.24, 2.45) is 11.8 Å². The van der Waals surface area contributed by atoms with Crippen LogP contribution in [0.4, 0.5) is 0 Å². The van der Waals surface area contributed by atoms with Gasteiger partial charge in [-0.25, -0.2) is 0 Å². The van der Waals surface area contributed by atoms with Crippen LogP contribution in [0.25, 0.3) is 0 Å². The highest BCUT2D eigenvalue weighted by molar-refractivity contribution is 5.54. The van der Waals surface area contributed by atoms with E-state index in [4.69, 9.17) is 5.11 Å². The van der Waals surface area contributed by atoms with E-state index in [0.29, 0.717) is 12.8 Å². The third-order valence-electron chi connectivity index (χ3n) is 2.03. The lowest BCUT2D eigenvalue weighted by molar-refractivity contribution is -0.116.